The summed E-state index contributed by atoms with van der Waals surface area (Å²) in [4.78, 5) is 0. The quantitative estimate of drug-likeness (QED) is 0.517. The molecule has 0 aliphatic rings. The Kier molecular flexibility index (Phi) is 11.3. The van der Waals surface area contributed by atoms with Crippen molar-refractivity contribution in [2.24, 2.45) is 0 Å². The van der Waals surface area contributed by atoms with Gasteiger partial charge in [-0.05, 0) is 28.7 Å². The van der Waals surface area contributed by atoms with Gasteiger partial charge in [0.2, 0.25) is 0 Å². The van der Waals surface area contributed by atoms with E-state index in [1.807, 2.05) is 6.08 Å². The molecule has 0 saturated heterocycles. The molecule has 21 heavy (non-hydrogen) atoms. The van der Waals surface area contributed by atoms with Crippen LogP contribution in [0.5, 0.6) is 0 Å². The van der Waals surface area contributed by atoms with Crippen molar-refractivity contribution < 1.29 is 0 Å². The molecule has 2 aromatic carbocycles. The summed E-state index contributed by atoms with van der Waals surface area (Å²) in [6.45, 7) is 14.4. The van der Waals surface area contributed by atoms with Gasteiger partial charge < -0.3 is 0 Å². The van der Waals surface area contributed by atoms with Crippen LogP contribution in [0.25, 0.3) is 10.8 Å². The average Bonchev–Trinajstić information content (AvgIpc) is 2.54. The Labute approximate surface area is 131 Å². The highest BCUT2D eigenvalue weighted by atomic mass is 14.1. The maximum atomic E-state index is 3.48. The molecule has 0 aliphatic carbocycles. The van der Waals surface area contributed by atoms with Gasteiger partial charge in [0.25, 0.3) is 0 Å². The molecule has 0 bridgehead atoms. The van der Waals surface area contributed by atoms with Crippen molar-refractivity contribution in [1.29, 1.82) is 0 Å². The average molecular weight is 284 g/mol. The molecule has 0 N–H and O–H groups in total. The maximum absolute atomic E-state index is 3.48. The van der Waals surface area contributed by atoms with Crippen LogP contribution in [-0.2, 0) is 0 Å². The van der Waals surface area contributed by atoms with Crippen molar-refractivity contribution in [3.63, 3.8) is 0 Å². The predicted octanol–water partition coefficient (Wildman–Crippen LogP) is 7.35. The van der Waals surface area contributed by atoms with E-state index in [-0.39, 0.29) is 0 Å². The fraction of sp³-hybridized carbons (Fsp3) is 0.429. The Balaban J connectivity index is 0.000000421. The molecule has 0 nitrogen and oxygen atoms in total. The number of benzene rings is 2. The second kappa shape index (κ2) is 12.2. The lowest BCUT2D eigenvalue weighted by atomic mass is 9.96. The van der Waals surface area contributed by atoms with E-state index in [4.69, 9.17) is 0 Å². The van der Waals surface area contributed by atoms with Crippen LogP contribution >= 0.6 is 0 Å². The zero-order chi connectivity index (χ0) is 16.1. The van der Waals surface area contributed by atoms with Gasteiger partial charge in [0.1, 0.15) is 0 Å². The van der Waals surface area contributed by atoms with Gasteiger partial charge >= 0.3 is 0 Å². The highest BCUT2D eigenvalue weighted by Gasteiger charge is 2.02. The minimum absolute atomic E-state index is 0.603. The fourth-order valence-electron chi connectivity index (χ4n) is 1.75. The van der Waals surface area contributed by atoms with Crippen molar-refractivity contribution in [3.8, 4) is 0 Å². The third-order valence-corrected chi connectivity index (χ3v) is 3.23. The second-order valence-electron chi connectivity index (χ2n) is 5.42. The number of hydrogen-bond acceptors (Lipinski definition) is 0. The minimum Gasteiger partial charge on any atom is -0.103 e. The van der Waals surface area contributed by atoms with Crippen molar-refractivity contribution in [2.45, 2.75) is 59.8 Å². The van der Waals surface area contributed by atoms with E-state index in [1.165, 1.54) is 29.2 Å². The summed E-state index contributed by atoms with van der Waals surface area (Å²) in [7, 11) is 0. The van der Waals surface area contributed by atoms with E-state index in [0.29, 0.717) is 5.92 Å². The van der Waals surface area contributed by atoms with E-state index >= 15 is 0 Å². The van der Waals surface area contributed by atoms with E-state index in [1.54, 1.807) is 0 Å². The lowest BCUT2D eigenvalue weighted by Gasteiger charge is -2.08. The summed E-state index contributed by atoms with van der Waals surface area (Å²) in [5.41, 5.74) is 1.44. The number of hydrogen-bond donors (Lipinski definition) is 0. The SMILES string of the molecule is C=CCC.CC(C)c1cccc2ccccc12.CCCC. The molecule has 0 spiro atoms. The standard InChI is InChI=1S/C13H14.C4H10.C4H8/c1-10(2)12-9-5-7-11-6-3-4-8-13(11)12;2*1-3-4-2/h3-10H,1-2H3;3-4H2,1-2H3;3H,1,4H2,2H3. The zero-order valence-electron chi connectivity index (χ0n) is 14.5. The molecule has 0 fully saturated rings. The zero-order valence-corrected chi connectivity index (χ0v) is 14.5. The summed E-state index contributed by atoms with van der Waals surface area (Å²) in [5.74, 6) is 0.603. The lowest BCUT2D eigenvalue weighted by Crippen LogP contribution is -1.88. The molecule has 0 atom stereocenters. The van der Waals surface area contributed by atoms with Crippen LogP contribution in [0, 0.1) is 0 Å². The lowest BCUT2D eigenvalue weighted by molar-refractivity contribution is 0.876. The van der Waals surface area contributed by atoms with Gasteiger partial charge in [-0.25, -0.2) is 0 Å². The summed E-state index contributed by atoms with van der Waals surface area (Å²) < 4.78 is 0. The van der Waals surface area contributed by atoms with Crippen LogP contribution in [0.1, 0.15) is 65.4 Å². The largest absolute Gasteiger partial charge is 0.103 e. The van der Waals surface area contributed by atoms with Crippen molar-refractivity contribution in [3.05, 3.63) is 60.7 Å². The number of allylic oxidation sites excluding steroid dienone is 1. The maximum Gasteiger partial charge on any atom is -0.0149 e. The molecule has 0 heterocycles. The fourth-order valence-corrected chi connectivity index (χ4v) is 1.75. The van der Waals surface area contributed by atoms with Crippen molar-refractivity contribution in [1.82, 2.24) is 0 Å². The van der Waals surface area contributed by atoms with Crippen LogP contribution < -0.4 is 0 Å². The molecule has 116 valence electrons. The van der Waals surface area contributed by atoms with E-state index in [2.05, 4.69) is 83.7 Å². The van der Waals surface area contributed by atoms with Crippen LogP contribution in [-0.4, -0.2) is 0 Å². The molecule has 2 aromatic rings. The molecule has 0 unspecified atom stereocenters. The first-order chi connectivity index (χ1) is 10.1. The van der Waals surface area contributed by atoms with Gasteiger partial charge in [0.05, 0.1) is 0 Å². The molecule has 0 aliphatic heterocycles. The smallest absolute Gasteiger partial charge is 0.0149 e. The molecule has 0 aromatic heterocycles. The number of rotatable bonds is 3. The molecule has 2 rings (SSSR count). The van der Waals surface area contributed by atoms with Crippen molar-refractivity contribution >= 4 is 10.8 Å². The highest BCUT2D eigenvalue weighted by molar-refractivity contribution is 5.86. The molecular weight excluding hydrogens is 252 g/mol. The topological polar surface area (TPSA) is 0 Å². The number of unbranched alkanes of at least 4 members (excludes halogenated alkanes) is 1. The second-order valence-corrected chi connectivity index (χ2v) is 5.42. The van der Waals surface area contributed by atoms with Crippen LogP contribution in [0.3, 0.4) is 0 Å². The first kappa shape index (κ1) is 19.4. The number of fused-ring (bicyclic) bond motifs is 1. The van der Waals surface area contributed by atoms with Crippen LogP contribution in [0.2, 0.25) is 0 Å². The van der Waals surface area contributed by atoms with E-state index < -0.39 is 0 Å². The van der Waals surface area contributed by atoms with Gasteiger partial charge in [-0.1, -0.05) is 96.0 Å². The Morgan fingerprint density at radius 2 is 1.43 bits per heavy atom. The van der Waals surface area contributed by atoms with Gasteiger partial charge in [0.15, 0.2) is 0 Å². The first-order valence-electron chi connectivity index (χ1n) is 8.20. The summed E-state index contributed by atoms with van der Waals surface area (Å²) in [5, 5.41) is 2.73. The van der Waals surface area contributed by atoms with Gasteiger partial charge in [0, 0.05) is 0 Å². The molecular formula is C21H32. The normalized spacial score (nSPS) is 9.43. The van der Waals surface area contributed by atoms with Gasteiger partial charge in [-0.2, -0.15) is 0 Å². The van der Waals surface area contributed by atoms with Crippen LogP contribution in [0.4, 0.5) is 0 Å². The first-order valence-corrected chi connectivity index (χ1v) is 8.20. The Morgan fingerprint density at radius 1 is 0.905 bits per heavy atom. The van der Waals surface area contributed by atoms with Crippen molar-refractivity contribution in [2.75, 3.05) is 0 Å². The monoisotopic (exact) mass is 284 g/mol. The molecule has 0 heteroatoms. The third-order valence-electron chi connectivity index (χ3n) is 3.23. The van der Waals surface area contributed by atoms with Crippen LogP contribution in [0.15, 0.2) is 55.1 Å². The predicted molar refractivity (Wildman–Crippen MR) is 99.1 cm³/mol. The minimum atomic E-state index is 0.603. The molecule has 0 saturated carbocycles. The Bertz CT molecular complexity index is 487. The summed E-state index contributed by atoms with van der Waals surface area (Å²) in [6, 6.07) is 15.1. The Hall–Kier alpha value is -1.56. The van der Waals surface area contributed by atoms with E-state index in [0.717, 1.165) is 6.42 Å². The molecule has 0 radical (unpaired) electrons. The molecule has 0 amide bonds. The Morgan fingerprint density at radius 3 is 1.90 bits per heavy atom. The summed E-state index contributed by atoms with van der Waals surface area (Å²) in [6.07, 6.45) is 5.60. The summed E-state index contributed by atoms with van der Waals surface area (Å²) >= 11 is 0. The third kappa shape index (κ3) is 7.70. The highest BCUT2D eigenvalue weighted by Crippen LogP contribution is 2.24. The van der Waals surface area contributed by atoms with Gasteiger partial charge in [-0.3, -0.25) is 0 Å². The van der Waals surface area contributed by atoms with E-state index in [9.17, 15) is 0 Å². The van der Waals surface area contributed by atoms with Gasteiger partial charge in [-0.15, -0.1) is 6.58 Å².